The molecule has 0 saturated carbocycles. The summed E-state index contributed by atoms with van der Waals surface area (Å²) < 4.78 is 21.8. The van der Waals surface area contributed by atoms with Crippen LogP contribution in [0.15, 0.2) is 53.1 Å². The zero-order chi connectivity index (χ0) is 20.1. The number of rotatable bonds is 8. The molecule has 0 fully saturated rings. The molecule has 3 rings (SSSR count). The highest BCUT2D eigenvalue weighted by atomic mass is 16.5. The Bertz CT molecular complexity index is 963. The number of nitrogens with one attached hydrogen (secondary N) is 1. The molecule has 1 N–H and O–H groups in total. The SMILES string of the molecule is CNCc1cc(C(=O)c2cc(-c3ccco3)ccc2OC)cc(OC)c1OC. The Morgan fingerprint density at radius 3 is 2.39 bits per heavy atom. The molecular formula is C22H23NO5. The quantitative estimate of drug-likeness (QED) is 0.597. The minimum Gasteiger partial charge on any atom is -0.496 e. The summed E-state index contributed by atoms with van der Waals surface area (Å²) in [5.41, 5.74) is 2.55. The van der Waals surface area contributed by atoms with Gasteiger partial charge in [-0.2, -0.15) is 0 Å². The third-order valence-electron chi connectivity index (χ3n) is 4.44. The van der Waals surface area contributed by atoms with Gasteiger partial charge in [0, 0.05) is 23.2 Å². The lowest BCUT2D eigenvalue weighted by atomic mass is 9.97. The molecule has 0 aliphatic rings. The maximum absolute atomic E-state index is 13.3. The van der Waals surface area contributed by atoms with Crippen molar-refractivity contribution >= 4 is 5.78 Å². The summed E-state index contributed by atoms with van der Waals surface area (Å²) in [5, 5.41) is 3.08. The van der Waals surface area contributed by atoms with Gasteiger partial charge in [0.1, 0.15) is 11.5 Å². The van der Waals surface area contributed by atoms with Crippen molar-refractivity contribution in [2.75, 3.05) is 28.4 Å². The van der Waals surface area contributed by atoms with Crippen LogP contribution in [0.25, 0.3) is 11.3 Å². The van der Waals surface area contributed by atoms with Gasteiger partial charge in [-0.1, -0.05) is 0 Å². The van der Waals surface area contributed by atoms with Gasteiger partial charge in [0.2, 0.25) is 0 Å². The number of carbonyl (C=O) groups is 1. The van der Waals surface area contributed by atoms with Crippen LogP contribution in [0.5, 0.6) is 17.2 Å². The number of hydrogen-bond acceptors (Lipinski definition) is 6. The van der Waals surface area contributed by atoms with Crippen LogP contribution in [0, 0.1) is 0 Å². The first-order valence-corrected chi connectivity index (χ1v) is 8.79. The molecular weight excluding hydrogens is 358 g/mol. The molecule has 2 aromatic carbocycles. The predicted molar refractivity (Wildman–Crippen MR) is 106 cm³/mol. The van der Waals surface area contributed by atoms with Gasteiger partial charge in [0.25, 0.3) is 0 Å². The molecule has 6 nitrogen and oxygen atoms in total. The summed E-state index contributed by atoms with van der Waals surface area (Å²) in [6.45, 7) is 0.532. The summed E-state index contributed by atoms with van der Waals surface area (Å²) in [4.78, 5) is 13.3. The van der Waals surface area contributed by atoms with Crippen LogP contribution < -0.4 is 19.5 Å². The molecule has 0 unspecified atom stereocenters. The minimum absolute atomic E-state index is 0.177. The summed E-state index contributed by atoms with van der Waals surface area (Å²) >= 11 is 0. The second kappa shape index (κ2) is 8.63. The third kappa shape index (κ3) is 3.73. The van der Waals surface area contributed by atoms with Crippen molar-refractivity contribution < 1.29 is 23.4 Å². The Hall–Kier alpha value is -3.25. The molecule has 0 aliphatic carbocycles. The number of furan rings is 1. The maximum Gasteiger partial charge on any atom is 0.196 e. The highest BCUT2D eigenvalue weighted by Gasteiger charge is 2.20. The van der Waals surface area contributed by atoms with E-state index in [0.29, 0.717) is 40.7 Å². The lowest BCUT2D eigenvalue weighted by Gasteiger charge is -2.15. The Morgan fingerprint density at radius 2 is 1.79 bits per heavy atom. The van der Waals surface area contributed by atoms with Crippen LogP contribution in [0.2, 0.25) is 0 Å². The fourth-order valence-corrected chi connectivity index (χ4v) is 3.13. The monoisotopic (exact) mass is 381 g/mol. The standard InChI is InChI=1S/C22H23NO5/c1-23-13-16-10-15(12-20(26-3)22(16)27-4)21(24)17-11-14(7-8-19(17)25-2)18-6-5-9-28-18/h5-12,23H,13H2,1-4H3. The second-order valence-corrected chi connectivity index (χ2v) is 6.12. The van der Waals surface area contributed by atoms with Gasteiger partial charge in [-0.3, -0.25) is 4.79 Å². The molecule has 0 bridgehead atoms. The summed E-state index contributed by atoms with van der Waals surface area (Å²) in [7, 11) is 6.50. The number of benzene rings is 2. The van der Waals surface area contributed by atoms with E-state index in [1.807, 2.05) is 19.2 Å². The van der Waals surface area contributed by atoms with E-state index in [9.17, 15) is 4.79 Å². The van der Waals surface area contributed by atoms with Crippen LogP contribution in [0.4, 0.5) is 0 Å². The molecule has 146 valence electrons. The average molecular weight is 381 g/mol. The summed E-state index contributed by atoms with van der Waals surface area (Å²) in [6, 6.07) is 12.5. The van der Waals surface area contributed by atoms with Gasteiger partial charge in [0.15, 0.2) is 17.3 Å². The number of carbonyl (C=O) groups excluding carboxylic acids is 1. The number of ether oxygens (including phenoxy) is 3. The summed E-state index contributed by atoms with van der Waals surface area (Å²) in [5.74, 6) is 2.10. The Morgan fingerprint density at radius 1 is 1.00 bits per heavy atom. The molecule has 6 heteroatoms. The Kier molecular flexibility index (Phi) is 6.01. The van der Waals surface area contributed by atoms with Gasteiger partial charge in [0.05, 0.1) is 33.2 Å². The Balaban J connectivity index is 2.11. The molecule has 0 saturated heterocycles. The highest BCUT2D eigenvalue weighted by Crippen LogP contribution is 2.35. The van der Waals surface area contributed by atoms with Gasteiger partial charge in [-0.25, -0.2) is 0 Å². The first-order valence-electron chi connectivity index (χ1n) is 8.79. The number of methoxy groups -OCH3 is 3. The molecule has 3 aromatic rings. The molecule has 0 radical (unpaired) electrons. The van der Waals surface area contributed by atoms with Crippen molar-refractivity contribution in [3.05, 3.63) is 65.4 Å². The van der Waals surface area contributed by atoms with Crippen molar-refractivity contribution in [3.63, 3.8) is 0 Å². The van der Waals surface area contributed by atoms with E-state index >= 15 is 0 Å². The van der Waals surface area contributed by atoms with E-state index in [1.54, 1.807) is 57.9 Å². The molecule has 28 heavy (non-hydrogen) atoms. The maximum atomic E-state index is 13.3. The van der Waals surface area contributed by atoms with Gasteiger partial charge < -0.3 is 23.9 Å². The second-order valence-electron chi connectivity index (χ2n) is 6.12. The van der Waals surface area contributed by atoms with E-state index in [2.05, 4.69) is 5.32 Å². The summed E-state index contributed by atoms with van der Waals surface area (Å²) in [6.07, 6.45) is 1.60. The molecule has 0 spiro atoms. The first kappa shape index (κ1) is 19.5. The molecule has 0 atom stereocenters. The smallest absolute Gasteiger partial charge is 0.196 e. The van der Waals surface area contributed by atoms with Crippen molar-refractivity contribution in [1.82, 2.24) is 5.32 Å². The third-order valence-corrected chi connectivity index (χ3v) is 4.44. The van der Waals surface area contributed by atoms with Crippen LogP contribution in [-0.2, 0) is 6.54 Å². The van der Waals surface area contributed by atoms with Crippen LogP contribution in [0.3, 0.4) is 0 Å². The first-order chi connectivity index (χ1) is 13.6. The number of hydrogen-bond donors (Lipinski definition) is 1. The average Bonchev–Trinajstić information content (AvgIpc) is 3.27. The van der Waals surface area contributed by atoms with Crippen LogP contribution in [-0.4, -0.2) is 34.2 Å². The lowest BCUT2D eigenvalue weighted by molar-refractivity contribution is 0.103. The van der Waals surface area contributed by atoms with Crippen molar-refractivity contribution in [2.24, 2.45) is 0 Å². The largest absolute Gasteiger partial charge is 0.496 e. The van der Waals surface area contributed by atoms with E-state index in [-0.39, 0.29) is 5.78 Å². The van der Waals surface area contributed by atoms with Crippen LogP contribution >= 0.6 is 0 Å². The molecule has 1 aromatic heterocycles. The zero-order valence-corrected chi connectivity index (χ0v) is 16.4. The van der Waals surface area contributed by atoms with Crippen molar-refractivity contribution in [1.29, 1.82) is 0 Å². The number of ketones is 1. The lowest BCUT2D eigenvalue weighted by Crippen LogP contribution is -2.11. The normalized spacial score (nSPS) is 10.6. The molecule has 1 heterocycles. The molecule has 0 aliphatic heterocycles. The Labute approximate surface area is 164 Å². The van der Waals surface area contributed by atoms with E-state index < -0.39 is 0 Å². The van der Waals surface area contributed by atoms with Gasteiger partial charge in [-0.05, 0) is 49.5 Å². The zero-order valence-electron chi connectivity index (χ0n) is 16.4. The fraction of sp³-hybridized carbons (Fsp3) is 0.227. The molecule has 0 amide bonds. The van der Waals surface area contributed by atoms with Gasteiger partial charge in [-0.15, -0.1) is 0 Å². The van der Waals surface area contributed by atoms with E-state index in [4.69, 9.17) is 18.6 Å². The van der Waals surface area contributed by atoms with Gasteiger partial charge >= 0.3 is 0 Å². The van der Waals surface area contributed by atoms with E-state index in [0.717, 1.165) is 11.1 Å². The predicted octanol–water partition coefficient (Wildman–Crippen LogP) is 3.92. The van der Waals surface area contributed by atoms with Crippen molar-refractivity contribution in [3.8, 4) is 28.6 Å². The highest BCUT2D eigenvalue weighted by molar-refractivity contribution is 6.11. The van der Waals surface area contributed by atoms with Crippen LogP contribution in [0.1, 0.15) is 21.5 Å². The topological polar surface area (TPSA) is 69.9 Å². The minimum atomic E-state index is -0.177. The van der Waals surface area contributed by atoms with E-state index in [1.165, 1.54) is 0 Å². The fourth-order valence-electron chi connectivity index (χ4n) is 3.13. The van der Waals surface area contributed by atoms with Crippen molar-refractivity contribution in [2.45, 2.75) is 6.54 Å².